The minimum Gasteiger partial charge on any atom is -0.394 e. The van der Waals surface area contributed by atoms with Crippen molar-refractivity contribution < 1.29 is 9.90 Å². The fourth-order valence-corrected chi connectivity index (χ4v) is 2.27. The highest BCUT2D eigenvalue weighted by molar-refractivity contribution is 5.99. The Balaban J connectivity index is 1.76. The number of aliphatic hydroxyl groups is 1. The molecule has 128 valence electrons. The molecule has 1 atom stereocenters. The van der Waals surface area contributed by atoms with Gasteiger partial charge in [-0.1, -0.05) is 24.3 Å². The van der Waals surface area contributed by atoms with Gasteiger partial charge in [-0.15, -0.1) is 10.2 Å². The first-order valence-electron chi connectivity index (χ1n) is 7.78. The normalized spacial score (nSPS) is 11.8. The lowest BCUT2D eigenvalue weighted by molar-refractivity contribution is 0.239. The number of hydrogen-bond donors (Lipinski definition) is 3. The highest BCUT2D eigenvalue weighted by atomic mass is 16.3. The molecule has 1 aromatic carbocycles. The molecular weight excluding hydrogens is 320 g/mol. The van der Waals surface area contributed by atoms with Crippen molar-refractivity contribution in [2.45, 2.75) is 13.0 Å². The maximum Gasteiger partial charge on any atom is 0.324 e. The number of urea groups is 1. The van der Waals surface area contributed by atoms with Crippen LogP contribution < -0.4 is 10.6 Å². The van der Waals surface area contributed by atoms with Crippen molar-refractivity contribution in [1.82, 2.24) is 19.7 Å². The van der Waals surface area contributed by atoms with Crippen LogP contribution in [0.3, 0.4) is 0 Å². The van der Waals surface area contributed by atoms with E-state index in [0.29, 0.717) is 23.0 Å². The van der Waals surface area contributed by atoms with Crippen LogP contribution in [-0.2, 0) is 0 Å². The molecule has 0 spiro atoms. The van der Waals surface area contributed by atoms with E-state index < -0.39 is 0 Å². The zero-order chi connectivity index (χ0) is 17.6. The largest absolute Gasteiger partial charge is 0.394 e. The number of hydrogen-bond acceptors (Lipinski definition) is 5. The van der Waals surface area contributed by atoms with Crippen molar-refractivity contribution in [2.24, 2.45) is 0 Å². The van der Waals surface area contributed by atoms with Gasteiger partial charge in [-0.05, 0) is 31.2 Å². The highest BCUT2D eigenvalue weighted by Gasteiger charge is 2.14. The fraction of sp³-hybridized carbons (Fsp3) is 0.176. The summed E-state index contributed by atoms with van der Waals surface area (Å²) in [7, 11) is 0. The Kier molecular flexibility index (Phi) is 5.00. The smallest absolute Gasteiger partial charge is 0.324 e. The summed E-state index contributed by atoms with van der Waals surface area (Å²) in [6.07, 6.45) is 1.54. The fourth-order valence-electron chi connectivity index (χ4n) is 2.27. The standard InChI is InChI=1S/C17H18N6O2/c1-12(10-24)23-11-18-22-16(23)14-8-5-9-15(20-14)21-17(25)19-13-6-3-2-4-7-13/h2-9,11-12,24H,10H2,1H3,(H2,19,20,21,25). The maximum atomic E-state index is 12.1. The first kappa shape index (κ1) is 16.6. The molecule has 0 fully saturated rings. The zero-order valence-corrected chi connectivity index (χ0v) is 13.6. The van der Waals surface area contributed by atoms with Crippen LogP contribution in [0, 0.1) is 0 Å². The van der Waals surface area contributed by atoms with Crippen LogP contribution in [0.25, 0.3) is 11.5 Å². The van der Waals surface area contributed by atoms with Crippen molar-refractivity contribution in [1.29, 1.82) is 0 Å². The number of para-hydroxylation sites is 1. The van der Waals surface area contributed by atoms with Gasteiger partial charge in [0.2, 0.25) is 0 Å². The van der Waals surface area contributed by atoms with E-state index in [4.69, 9.17) is 0 Å². The quantitative estimate of drug-likeness (QED) is 0.663. The first-order valence-corrected chi connectivity index (χ1v) is 7.78. The Labute approximate surface area is 144 Å². The van der Waals surface area contributed by atoms with Crippen LogP contribution >= 0.6 is 0 Å². The van der Waals surface area contributed by atoms with Gasteiger partial charge < -0.3 is 15.0 Å². The van der Waals surface area contributed by atoms with Gasteiger partial charge in [-0.2, -0.15) is 0 Å². The average molecular weight is 338 g/mol. The van der Waals surface area contributed by atoms with Gasteiger partial charge in [0.05, 0.1) is 12.6 Å². The highest BCUT2D eigenvalue weighted by Crippen LogP contribution is 2.20. The van der Waals surface area contributed by atoms with E-state index in [1.165, 1.54) is 0 Å². The van der Waals surface area contributed by atoms with Crippen molar-refractivity contribution >= 4 is 17.5 Å². The number of rotatable bonds is 5. The number of carbonyl (C=O) groups is 1. The van der Waals surface area contributed by atoms with Crippen LogP contribution in [0.15, 0.2) is 54.9 Å². The summed E-state index contributed by atoms with van der Waals surface area (Å²) in [5, 5.41) is 22.7. The van der Waals surface area contributed by atoms with Gasteiger partial charge in [0.25, 0.3) is 0 Å². The molecule has 0 aliphatic heterocycles. The molecule has 0 saturated carbocycles. The number of aliphatic hydroxyl groups excluding tert-OH is 1. The molecule has 2 heterocycles. The third kappa shape index (κ3) is 3.99. The van der Waals surface area contributed by atoms with E-state index in [2.05, 4.69) is 25.8 Å². The van der Waals surface area contributed by atoms with Gasteiger partial charge in [-0.25, -0.2) is 9.78 Å². The number of nitrogens with one attached hydrogen (secondary N) is 2. The predicted molar refractivity (Wildman–Crippen MR) is 94.1 cm³/mol. The second kappa shape index (κ2) is 7.54. The molecule has 8 nitrogen and oxygen atoms in total. The summed E-state index contributed by atoms with van der Waals surface area (Å²) in [6, 6.07) is 13.8. The molecular formula is C17H18N6O2. The Morgan fingerprint density at radius 2 is 1.96 bits per heavy atom. The van der Waals surface area contributed by atoms with E-state index in [-0.39, 0.29) is 18.7 Å². The molecule has 0 bridgehead atoms. The summed E-state index contributed by atoms with van der Waals surface area (Å²) in [4.78, 5) is 16.5. The number of amides is 2. The molecule has 0 saturated heterocycles. The zero-order valence-electron chi connectivity index (χ0n) is 13.6. The first-order chi connectivity index (χ1) is 12.2. The summed E-state index contributed by atoms with van der Waals surface area (Å²) in [5.41, 5.74) is 1.24. The van der Waals surface area contributed by atoms with Crippen LogP contribution in [0.2, 0.25) is 0 Å². The topological polar surface area (TPSA) is 105 Å². The molecule has 0 aliphatic carbocycles. The Bertz CT molecular complexity index is 849. The molecule has 0 aliphatic rings. The summed E-state index contributed by atoms with van der Waals surface area (Å²) >= 11 is 0. The number of nitrogens with zero attached hydrogens (tertiary/aromatic N) is 4. The Morgan fingerprint density at radius 1 is 1.16 bits per heavy atom. The second-order valence-electron chi connectivity index (χ2n) is 5.45. The SMILES string of the molecule is CC(CO)n1cnnc1-c1cccc(NC(=O)Nc2ccccc2)n1. The lowest BCUT2D eigenvalue weighted by atomic mass is 10.3. The Morgan fingerprint density at radius 3 is 2.72 bits per heavy atom. The monoisotopic (exact) mass is 338 g/mol. The molecule has 2 amide bonds. The van der Waals surface area contributed by atoms with E-state index >= 15 is 0 Å². The second-order valence-corrected chi connectivity index (χ2v) is 5.45. The minimum atomic E-state index is -0.388. The lowest BCUT2D eigenvalue weighted by Gasteiger charge is -2.12. The summed E-state index contributed by atoms with van der Waals surface area (Å²) < 4.78 is 1.73. The van der Waals surface area contributed by atoms with E-state index in [0.717, 1.165) is 0 Å². The van der Waals surface area contributed by atoms with E-state index in [1.54, 1.807) is 41.2 Å². The molecule has 2 aromatic heterocycles. The van der Waals surface area contributed by atoms with Gasteiger partial charge in [-0.3, -0.25) is 5.32 Å². The van der Waals surface area contributed by atoms with Gasteiger partial charge in [0.15, 0.2) is 5.82 Å². The lowest BCUT2D eigenvalue weighted by Crippen LogP contribution is -2.20. The van der Waals surface area contributed by atoms with Gasteiger partial charge in [0, 0.05) is 5.69 Å². The van der Waals surface area contributed by atoms with Crippen molar-refractivity contribution in [3.05, 3.63) is 54.9 Å². The number of aromatic nitrogens is 4. The summed E-state index contributed by atoms with van der Waals surface area (Å²) in [5.74, 6) is 0.908. The predicted octanol–water partition coefficient (Wildman–Crippen LogP) is 2.54. The van der Waals surface area contributed by atoms with E-state index in [1.807, 2.05) is 25.1 Å². The summed E-state index contributed by atoms with van der Waals surface area (Å²) in [6.45, 7) is 1.81. The molecule has 25 heavy (non-hydrogen) atoms. The van der Waals surface area contributed by atoms with Crippen molar-refractivity contribution in [2.75, 3.05) is 17.2 Å². The number of benzene rings is 1. The van der Waals surface area contributed by atoms with Gasteiger partial charge in [0.1, 0.15) is 17.8 Å². The van der Waals surface area contributed by atoms with Crippen LogP contribution in [0.1, 0.15) is 13.0 Å². The van der Waals surface area contributed by atoms with Crippen molar-refractivity contribution in [3.63, 3.8) is 0 Å². The van der Waals surface area contributed by atoms with Crippen LogP contribution in [0.4, 0.5) is 16.3 Å². The number of anilines is 2. The minimum absolute atomic E-state index is 0.0392. The molecule has 8 heteroatoms. The molecule has 3 rings (SSSR count). The van der Waals surface area contributed by atoms with Crippen LogP contribution in [0.5, 0.6) is 0 Å². The number of carbonyl (C=O) groups excluding carboxylic acids is 1. The molecule has 0 radical (unpaired) electrons. The number of pyridine rings is 1. The average Bonchev–Trinajstić information content (AvgIpc) is 3.12. The van der Waals surface area contributed by atoms with Crippen molar-refractivity contribution in [3.8, 4) is 11.5 Å². The van der Waals surface area contributed by atoms with Gasteiger partial charge >= 0.3 is 6.03 Å². The molecule has 3 aromatic rings. The molecule has 3 N–H and O–H groups in total. The maximum absolute atomic E-state index is 12.1. The third-order valence-corrected chi connectivity index (χ3v) is 3.56. The molecule has 1 unspecified atom stereocenters. The van der Waals surface area contributed by atoms with E-state index in [9.17, 15) is 9.90 Å². The Hall–Kier alpha value is -3.26. The third-order valence-electron chi connectivity index (χ3n) is 3.56. The van der Waals surface area contributed by atoms with Crippen LogP contribution in [-0.4, -0.2) is 37.5 Å².